The topological polar surface area (TPSA) is 65.0 Å². The van der Waals surface area contributed by atoms with Crippen molar-refractivity contribution in [3.8, 4) is 0 Å². The summed E-state index contributed by atoms with van der Waals surface area (Å²) in [5, 5.41) is 11.2. The molecule has 2 aromatic carbocycles. The van der Waals surface area contributed by atoms with Crippen molar-refractivity contribution < 1.29 is 23.1 Å². The molecule has 1 N–H and O–H groups in total. The van der Waals surface area contributed by atoms with Gasteiger partial charge in [0.2, 0.25) is 5.34 Å². The highest BCUT2D eigenvalue weighted by Crippen LogP contribution is 2.59. The Hall–Kier alpha value is -1.53. The number of hydrogen-bond acceptors (Lipinski definition) is 5. The third kappa shape index (κ3) is 5.11. The molecule has 1 atom stereocenters. The van der Waals surface area contributed by atoms with E-state index < -0.39 is 21.3 Å². The lowest BCUT2D eigenvalue weighted by Crippen LogP contribution is -2.67. The molecule has 0 unspecified atom stereocenters. The zero-order valence-electron chi connectivity index (χ0n) is 19.2. The molecule has 0 spiro atoms. The standard InChI is InChI=1S/C24H35O5PSi/c1-7-24(25,30(26,27-8-2)28-9-3)20-29-31(23(4,5)6,21-16-12-10-13-17-21)22-18-14-11-15-19-22/h7,10-19,25H,1,8-9,20H2,2-6H3/t24-/m1/s1. The van der Waals surface area contributed by atoms with Crippen molar-refractivity contribution in [3.05, 3.63) is 73.3 Å². The zero-order chi connectivity index (χ0) is 23.2. The van der Waals surface area contributed by atoms with E-state index in [1.165, 1.54) is 6.08 Å². The molecule has 0 aliphatic rings. The monoisotopic (exact) mass is 462 g/mol. The van der Waals surface area contributed by atoms with E-state index in [0.717, 1.165) is 10.4 Å². The fourth-order valence-corrected chi connectivity index (χ4v) is 10.2. The van der Waals surface area contributed by atoms with Gasteiger partial charge in [-0.2, -0.15) is 0 Å². The summed E-state index contributed by atoms with van der Waals surface area (Å²) in [4.78, 5) is 0. The van der Waals surface area contributed by atoms with Crippen LogP contribution in [0.25, 0.3) is 0 Å². The highest BCUT2D eigenvalue weighted by molar-refractivity contribution is 7.55. The summed E-state index contributed by atoms with van der Waals surface area (Å²) < 4.78 is 31.1. The first-order chi connectivity index (χ1) is 14.6. The first-order valence-electron chi connectivity index (χ1n) is 10.6. The molecule has 0 aromatic heterocycles. The lowest BCUT2D eigenvalue weighted by atomic mass is 10.2. The van der Waals surface area contributed by atoms with Crippen molar-refractivity contribution in [1.29, 1.82) is 0 Å². The molecule has 0 aliphatic heterocycles. The molecule has 7 heteroatoms. The predicted octanol–water partition coefficient (Wildman–Crippen LogP) is 4.70. The van der Waals surface area contributed by atoms with Crippen LogP contribution in [0.5, 0.6) is 0 Å². The fourth-order valence-electron chi connectivity index (χ4n) is 3.83. The van der Waals surface area contributed by atoms with E-state index in [1.54, 1.807) is 13.8 Å². The molecule has 0 bridgehead atoms. The lowest BCUT2D eigenvalue weighted by molar-refractivity contribution is 0.0587. The molecule has 0 amide bonds. The van der Waals surface area contributed by atoms with E-state index in [9.17, 15) is 9.67 Å². The Kier molecular flexibility index (Phi) is 8.62. The molecule has 0 radical (unpaired) electrons. The van der Waals surface area contributed by atoms with Crippen LogP contribution in [-0.4, -0.2) is 38.6 Å². The average Bonchev–Trinajstić information content (AvgIpc) is 2.75. The summed E-state index contributed by atoms with van der Waals surface area (Å²) in [6.07, 6.45) is 1.22. The second-order valence-electron chi connectivity index (χ2n) is 8.37. The van der Waals surface area contributed by atoms with Gasteiger partial charge in [-0.1, -0.05) is 88.0 Å². The van der Waals surface area contributed by atoms with Gasteiger partial charge < -0.3 is 18.6 Å². The third-order valence-corrected chi connectivity index (χ3v) is 12.8. The summed E-state index contributed by atoms with van der Waals surface area (Å²) in [6.45, 7) is 13.5. The second kappa shape index (κ2) is 10.4. The highest BCUT2D eigenvalue weighted by atomic mass is 31.2. The summed E-state index contributed by atoms with van der Waals surface area (Å²) in [7, 11) is -6.87. The van der Waals surface area contributed by atoms with Gasteiger partial charge in [0, 0.05) is 0 Å². The predicted molar refractivity (Wildman–Crippen MR) is 130 cm³/mol. The Bertz CT molecular complexity index is 832. The van der Waals surface area contributed by atoms with Gasteiger partial charge in [0.05, 0.1) is 19.8 Å². The minimum absolute atomic E-state index is 0.132. The Morgan fingerprint density at radius 1 is 0.935 bits per heavy atom. The molecule has 0 saturated heterocycles. The molecule has 5 nitrogen and oxygen atoms in total. The van der Waals surface area contributed by atoms with Crippen LogP contribution in [0.4, 0.5) is 0 Å². The third-order valence-electron chi connectivity index (χ3n) is 5.32. The highest BCUT2D eigenvalue weighted by Gasteiger charge is 2.54. The summed E-state index contributed by atoms with van der Waals surface area (Å²) >= 11 is 0. The van der Waals surface area contributed by atoms with Gasteiger partial charge in [-0.05, 0) is 35.3 Å². The summed E-state index contributed by atoms with van der Waals surface area (Å²) in [5.74, 6) is 0. The van der Waals surface area contributed by atoms with Crippen molar-refractivity contribution in [3.63, 3.8) is 0 Å². The molecule has 170 valence electrons. The van der Waals surface area contributed by atoms with Crippen molar-refractivity contribution in [2.75, 3.05) is 19.8 Å². The minimum Gasteiger partial charge on any atom is -0.403 e. The average molecular weight is 463 g/mol. The lowest BCUT2D eigenvalue weighted by Gasteiger charge is -2.45. The molecule has 0 saturated carbocycles. The fraction of sp³-hybridized carbons (Fsp3) is 0.417. The normalized spacial score (nSPS) is 14.8. The SMILES string of the molecule is C=C[C@](O)(CO[Si](c1ccccc1)(c1ccccc1)C(C)(C)C)P(=O)(OCC)OCC. The van der Waals surface area contributed by atoms with Gasteiger partial charge in [-0.3, -0.25) is 4.57 Å². The van der Waals surface area contributed by atoms with Crippen LogP contribution in [0, 0.1) is 0 Å². The number of benzene rings is 2. The largest absolute Gasteiger partial charge is 0.403 e. The maximum absolute atomic E-state index is 13.5. The number of rotatable bonds is 11. The van der Waals surface area contributed by atoms with Crippen molar-refractivity contribution in [1.82, 2.24) is 0 Å². The van der Waals surface area contributed by atoms with E-state index >= 15 is 0 Å². The Labute approximate surface area is 187 Å². The van der Waals surface area contributed by atoms with E-state index in [-0.39, 0.29) is 24.9 Å². The van der Waals surface area contributed by atoms with Gasteiger partial charge >= 0.3 is 7.60 Å². The second-order valence-corrected chi connectivity index (χ2v) is 15.0. The van der Waals surface area contributed by atoms with Crippen molar-refractivity contribution >= 4 is 26.3 Å². The first-order valence-corrected chi connectivity index (χ1v) is 14.1. The van der Waals surface area contributed by atoms with E-state index in [0.29, 0.717) is 0 Å². The van der Waals surface area contributed by atoms with Crippen molar-refractivity contribution in [2.45, 2.75) is 45.0 Å². The Morgan fingerprint density at radius 2 is 1.35 bits per heavy atom. The smallest absolute Gasteiger partial charge is 0.368 e. The molecular formula is C24H35O5PSi. The summed E-state index contributed by atoms with van der Waals surface area (Å²) in [6, 6.07) is 20.1. The summed E-state index contributed by atoms with van der Waals surface area (Å²) in [5.41, 5.74) is 0. The van der Waals surface area contributed by atoms with Crippen molar-refractivity contribution in [2.24, 2.45) is 0 Å². The van der Waals surface area contributed by atoms with Gasteiger partial charge in [0.1, 0.15) is 0 Å². The van der Waals surface area contributed by atoms with Crippen LogP contribution in [0.1, 0.15) is 34.6 Å². The van der Waals surface area contributed by atoms with E-state index in [2.05, 4.69) is 51.6 Å². The zero-order valence-corrected chi connectivity index (χ0v) is 21.1. The van der Waals surface area contributed by atoms with Gasteiger partial charge in [-0.25, -0.2) is 0 Å². The quantitative estimate of drug-likeness (QED) is 0.298. The van der Waals surface area contributed by atoms with Gasteiger partial charge in [0.25, 0.3) is 8.32 Å². The van der Waals surface area contributed by atoms with Gasteiger partial charge in [-0.15, -0.1) is 0 Å². The van der Waals surface area contributed by atoms with Crippen LogP contribution in [0.15, 0.2) is 73.3 Å². The minimum atomic E-state index is -3.93. The van der Waals surface area contributed by atoms with E-state index in [1.807, 2.05) is 36.4 Å². The number of aliphatic hydroxyl groups is 1. The van der Waals surface area contributed by atoms with Gasteiger partial charge in [0.15, 0.2) is 0 Å². The molecule has 0 aliphatic carbocycles. The molecule has 31 heavy (non-hydrogen) atoms. The molecule has 2 rings (SSSR count). The van der Waals surface area contributed by atoms with Crippen LogP contribution < -0.4 is 10.4 Å². The van der Waals surface area contributed by atoms with Crippen LogP contribution in [0.2, 0.25) is 5.04 Å². The van der Waals surface area contributed by atoms with E-state index in [4.69, 9.17) is 13.5 Å². The molecule has 2 aromatic rings. The van der Waals surface area contributed by atoms with Crippen LogP contribution >= 0.6 is 7.60 Å². The Morgan fingerprint density at radius 3 is 1.68 bits per heavy atom. The first kappa shape index (κ1) is 25.7. The van der Waals surface area contributed by atoms with Crippen LogP contribution in [0.3, 0.4) is 0 Å². The molecule has 0 fully saturated rings. The molecule has 0 heterocycles. The maximum Gasteiger partial charge on any atom is 0.368 e. The maximum atomic E-state index is 13.5. The Balaban J connectivity index is 2.64. The van der Waals surface area contributed by atoms with Crippen LogP contribution in [-0.2, 0) is 18.0 Å². The number of hydrogen-bond donors (Lipinski definition) is 1. The molecular weight excluding hydrogens is 427 g/mol.